The van der Waals surface area contributed by atoms with Crippen LogP contribution in [0.3, 0.4) is 0 Å². The Hall–Kier alpha value is -2.11. The smallest absolute Gasteiger partial charge is 0.326 e. The number of rotatable bonds is 4. The van der Waals surface area contributed by atoms with Crippen LogP contribution in [0.4, 0.5) is 4.79 Å². The number of nitrogens with zero attached hydrogens (tertiary/aromatic N) is 3. The van der Waals surface area contributed by atoms with Crippen molar-refractivity contribution in [3.8, 4) is 0 Å². The van der Waals surface area contributed by atoms with E-state index >= 15 is 0 Å². The average molecular weight is 277 g/mol. The Balaban J connectivity index is 1.90. The fourth-order valence-corrected chi connectivity index (χ4v) is 2.40. The number of likely N-dealkylation sites (N-methyl/N-ethyl adjacent to an activating group) is 1. The highest BCUT2D eigenvalue weighted by Gasteiger charge is 2.35. The van der Waals surface area contributed by atoms with Crippen LogP contribution in [0.5, 0.6) is 0 Å². The molecule has 1 aromatic heterocycles. The number of hydrogen-bond acceptors (Lipinski definition) is 3. The normalized spacial score (nSPS) is 18.1. The molecular weight excluding hydrogens is 258 g/mol. The van der Waals surface area contributed by atoms with Gasteiger partial charge in [-0.2, -0.15) is 0 Å². The van der Waals surface area contributed by atoms with Crippen molar-refractivity contribution >= 4 is 12.0 Å². The molecule has 2 amide bonds. The molecule has 1 fully saturated rings. The third kappa shape index (κ3) is 3.26. The highest BCUT2D eigenvalue weighted by Crippen LogP contribution is 2.18. The van der Waals surface area contributed by atoms with E-state index in [1.165, 1.54) is 4.90 Å². The van der Waals surface area contributed by atoms with Gasteiger partial charge in [-0.3, -0.25) is 4.98 Å². The molecule has 0 aromatic carbocycles. The summed E-state index contributed by atoms with van der Waals surface area (Å²) in [7, 11) is 1.70. The lowest BCUT2D eigenvalue weighted by Gasteiger charge is -2.27. The van der Waals surface area contributed by atoms with Crippen molar-refractivity contribution in [3.05, 3.63) is 30.1 Å². The van der Waals surface area contributed by atoms with Crippen LogP contribution in [-0.4, -0.2) is 58.1 Å². The molecule has 2 heterocycles. The summed E-state index contributed by atoms with van der Waals surface area (Å²) in [6, 6.07) is 4.77. The molecule has 6 heteroatoms. The van der Waals surface area contributed by atoms with Crippen molar-refractivity contribution in [2.45, 2.75) is 25.3 Å². The molecule has 1 aromatic rings. The van der Waals surface area contributed by atoms with Crippen LogP contribution in [0, 0.1) is 0 Å². The van der Waals surface area contributed by atoms with Crippen molar-refractivity contribution in [1.29, 1.82) is 0 Å². The summed E-state index contributed by atoms with van der Waals surface area (Å²) < 4.78 is 0. The van der Waals surface area contributed by atoms with E-state index in [1.54, 1.807) is 18.1 Å². The molecule has 108 valence electrons. The van der Waals surface area contributed by atoms with Gasteiger partial charge < -0.3 is 14.9 Å². The third-order valence-electron chi connectivity index (χ3n) is 3.54. The first-order chi connectivity index (χ1) is 9.59. The van der Waals surface area contributed by atoms with Gasteiger partial charge in [0.2, 0.25) is 0 Å². The van der Waals surface area contributed by atoms with Gasteiger partial charge in [0, 0.05) is 38.4 Å². The molecule has 6 nitrogen and oxygen atoms in total. The Kier molecular flexibility index (Phi) is 4.55. The van der Waals surface area contributed by atoms with Crippen LogP contribution >= 0.6 is 0 Å². The molecule has 1 atom stereocenters. The summed E-state index contributed by atoms with van der Waals surface area (Å²) in [5.74, 6) is -0.922. The Morgan fingerprint density at radius 1 is 1.50 bits per heavy atom. The minimum Gasteiger partial charge on any atom is -0.480 e. The van der Waals surface area contributed by atoms with Gasteiger partial charge in [-0.15, -0.1) is 0 Å². The number of carbonyl (C=O) groups excluding carboxylic acids is 1. The van der Waals surface area contributed by atoms with Crippen LogP contribution in [0.1, 0.15) is 18.5 Å². The second kappa shape index (κ2) is 6.36. The number of carboxylic acids is 1. The summed E-state index contributed by atoms with van der Waals surface area (Å²) in [6.07, 6.45) is 3.67. The minimum atomic E-state index is -0.922. The number of amides is 2. The van der Waals surface area contributed by atoms with E-state index in [0.29, 0.717) is 25.9 Å². The fourth-order valence-electron chi connectivity index (χ4n) is 2.40. The number of pyridine rings is 1. The van der Waals surface area contributed by atoms with E-state index in [4.69, 9.17) is 5.11 Å². The van der Waals surface area contributed by atoms with Gasteiger partial charge in [0.25, 0.3) is 0 Å². The lowest BCUT2D eigenvalue weighted by atomic mass is 10.2. The maximum atomic E-state index is 12.2. The van der Waals surface area contributed by atoms with E-state index in [2.05, 4.69) is 4.98 Å². The van der Waals surface area contributed by atoms with Crippen molar-refractivity contribution in [1.82, 2.24) is 14.8 Å². The number of carbonyl (C=O) groups is 2. The van der Waals surface area contributed by atoms with E-state index in [9.17, 15) is 9.59 Å². The monoisotopic (exact) mass is 277 g/mol. The lowest BCUT2D eigenvalue weighted by molar-refractivity contribution is -0.141. The molecule has 1 aliphatic heterocycles. The number of aromatic nitrogens is 1. The zero-order valence-corrected chi connectivity index (χ0v) is 11.5. The first-order valence-corrected chi connectivity index (χ1v) is 6.74. The molecule has 1 saturated heterocycles. The van der Waals surface area contributed by atoms with Gasteiger partial charge in [-0.05, 0) is 25.0 Å². The number of likely N-dealkylation sites (tertiary alicyclic amines) is 1. The number of hydrogen-bond donors (Lipinski definition) is 1. The number of carboxylic acid groups (broad SMARTS) is 1. The Bertz CT molecular complexity index is 478. The van der Waals surface area contributed by atoms with Gasteiger partial charge in [0.15, 0.2) is 0 Å². The van der Waals surface area contributed by atoms with Crippen LogP contribution in [0.15, 0.2) is 24.4 Å². The topological polar surface area (TPSA) is 73.7 Å². The van der Waals surface area contributed by atoms with E-state index < -0.39 is 12.0 Å². The summed E-state index contributed by atoms with van der Waals surface area (Å²) in [6.45, 7) is 1.04. The standard InChI is InChI=1S/C14H19N3O3/c1-16(10-7-11-5-2-3-8-15-11)14(20)17-9-4-6-12(17)13(18)19/h2-3,5,8,12H,4,6-7,9-10H2,1H3,(H,18,19)/t12-/m0/s1. The molecule has 1 aliphatic rings. The van der Waals surface area contributed by atoms with Crippen molar-refractivity contribution < 1.29 is 14.7 Å². The first-order valence-electron chi connectivity index (χ1n) is 6.74. The Morgan fingerprint density at radius 2 is 2.30 bits per heavy atom. The van der Waals surface area contributed by atoms with Crippen molar-refractivity contribution in [2.24, 2.45) is 0 Å². The van der Waals surface area contributed by atoms with Gasteiger partial charge >= 0.3 is 12.0 Å². The van der Waals surface area contributed by atoms with E-state index in [0.717, 1.165) is 12.1 Å². The molecule has 0 unspecified atom stereocenters. The zero-order chi connectivity index (χ0) is 14.5. The number of urea groups is 1. The molecule has 0 saturated carbocycles. The SMILES string of the molecule is CN(CCc1ccccn1)C(=O)N1CCC[C@H]1C(=O)O. The molecule has 20 heavy (non-hydrogen) atoms. The van der Waals surface area contributed by atoms with Crippen LogP contribution in [0.25, 0.3) is 0 Å². The summed E-state index contributed by atoms with van der Waals surface area (Å²) in [4.78, 5) is 30.6. The quantitative estimate of drug-likeness (QED) is 0.898. The predicted octanol–water partition coefficient (Wildman–Crippen LogP) is 1.22. The minimum absolute atomic E-state index is 0.217. The first kappa shape index (κ1) is 14.3. The summed E-state index contributed by atoms with van der Waals surface area (Å²) >= 11 is 0. The van der Waals surface area contributed by atoms with E-state index in [1.807, 2.05) is 18.2 Å². The second-order valence-corrected chi connectivity index (χ2v) is 4.96. The van der Waals surface area contributed by atoms with Crippen molar-refractivity contribution in [2.75, 3.05) is 20.1 Å². The zero-order valence-electron chi connectivity index (χ0n) is 11.5. The summed E-state index contributed by atoms with van der Waals surface area (Å²) in [5.41, 5.74) is 0.920. The van der Waals surface area contributed by atoms with Gasteiger partial charge in [0.1, 0.15) is 6.04 Å². The van der Waals surface area contributed by atoms with Gasteiger partial charge in [-0.25, -0.2) is 9.59 Å². The highest BCUT2D eigenvalue weighted by atomic mass is 16.4. The van der Waals surface area contributed by atoms with Crippen LogP contribution in [0.2, 0.25) is 0 Å². The van der Waals surface area contributed by atoms with Gasteiger partial charge in [0.05, 0.1) is 0 Å². The largest absolute Gasteiger partial charge is 0.480 e. The van der Waals surface area contributed by atoms with Gasteiger partial charge in [-0.1, -0.05) is 6.07 Å². The van der Waals surface area contributed by atoms with E-state index in [-0.39, 0.29) is 6.03 Å². The fraction of sp³-hybridized carbons (Fsp3) is 0.500. The highest BCUT2D eigenvalue weighted by molar-refractivity contribution is 5.83. The molecule has 0 aliphatic carbocycles. The molecule has 1 N–H and O–H groups in total. The second-order valence-electron chi connectivity index (χ2n) is 4.96. The van der Waals surface area contributed by atoms with Crippen molar-refractivity contribution in [3.63, 3.8) is 0 Å². The molecular formula is C14H19N3O3. The van der Waals surface area contributed by atoms with Crippen LogP contribution in [-0.2, 0) is 11.2 Å². The maximum Gasteiger partial charge on any atom is 0.326 e. The Morgan fingerprint density at radius 3 is 2.95 bits per heavy atom. The average Bonchev–Trinajstić information content (AvgIpc) is 2.94. The maximum absolute atomic E-state index is 12.2. The molecule has 0 bridgehead atoms. The molecule has 2 rings (SSSR count). The molecule has 0 radical (unpaired) electrons. The third-order valence-corrected chi connectivity index (χ3v) is 3.54. The Labute approximate surface area is 118 Å². The van der Waals surface area contributed by atoms with Crippen LogP contribution < -0.4 is 0 Å². The lowest BCUT2D eigenvalue weighted by Crippen LogP contribution is -2.47. The molecule has 0 spiro atoms. The number of aliphatic carboxylic acids is 1. The predicted molar refractivity (Wildman–Crippen MR) is 73.3 cm³/mol. The summed E-state index contributed by atoms with van der Waals surface area (Å²) in [5, 5.41) is 9.10.